The fourth-order valence-electron chi connectivity index (χ4n) is 3.17. The highest BCUT2D eigenvalue weighted by Gasteiger charge is 2.41. The number of benzene rings is 1. The Bertz CT molecular complexity index is 586. The molecule has 0 spiro atoms. The number of carbonyl (C=O) groups excluding carboxylic acids is 1. The summed E-state index contributed by atoms with van der Waals surface area (Å²) in [7, 11) is 1.66. The normalized spacial score (nSPS) is 19.0. The Morgan fingerprint density at radius 2 is 2.14 bits per heavy atom. The van der Waals surface area contributed by atoms with Crippen LogP contribution >= 0.6 is 0 Å². The molecule has 5 nitrogen and oxygen atoms in total. The monoisotopic (exact) mass is 289 g/mol. The van der Waals surface area contributed by atoms with Gasteiger partial charge in [-0.15, -0.1) is 0 Å². The first-order chi connectivity index (χ1) is 10.0. The van der Waals surface area contributed by atoms with Gasteiger partial charge in [-0.3, -0.25) is 4.79 Å². The molecular weight excluding hydrogens is 270 g/mol. The average Bonchev–Trinajstić information content (AvgIpc) is 2.85. The number of nitrogens with zero attached hydrogens (tertiary/aromatic N) is 1. The Labute approximate surface area is 123 Å². The van der Waals surface area contributed by atoms with Crippen LogP contribution in [0, 0.1) is 0 Å². The highest BCUT2D eigenvalue weighted by molar-refractivity contribution is 5.98. The van der Waals surface area contributed by atoms with Crippen LogP contribution in [-0.4, -0.2) is 36.2 Å². The van der Waals surface area contributed by atoms with Gasteiger partial charge in [0, 0.05) is 19.3 Å². The maximum Gasteiger partial charge on any atom is 0.335 e. The van der Waals surface area contributed by atoms with Crippen molar-refractivity contribution in [2.75, 3.05) is 18.6 Å². The number of aromatic carboxylic acids is 1. The third-order valence-electron chi connectivity index (χ3n) is 4.70. The van der Waals surface area contributed by atoms with Crippen LogP contribution in [0.3, 0.4) is 0 Å². The number of hydrogen-bond donors (Lipinski definition) is 1. The van der Waals surface area contributed by atoms with Crippen LogP contribution in [-0.2, 0) is 16.0 Å². The molecule has 0 unspecified atom stereocenters. The number of rotatable bonds is 4. The van der Waals surface area contributed by atoms with Crippen LogP contribution in [0.5, 0.6) is 0 Å². The highest BCUT2D eigenvalue weighted by atomic mass is 16.5. The molecule has 1 aliphatic carbocycles. The minimum atomic E-state index is -0.968. The third kappa shape index (κ3) is 2.42. The topological polar surface area (TPSA) is 66.8 Å². The summed E-state index contributed by atoms with van der Waals surface area (Å²) in [5.74, 6) is -0.942. The summed E-state index contributed by atoms with van der Waals surface area (Å²) in [5.41, 5.74) is 1.70. The van der Waals surface area contributed by atoms with Gasteiger partial charge in [-0.1, -0.05) is 6.07 Å². The number of methoxy groups -OCH3 is 1. The van der Waals surface area contributed by atoms with Gasteiger partial charge in [0.15, 0.2) is 0 Å². The van der Waals surface area contributed by atoms with E-state index in [1.807, 2.05) is 6.07 Å². The maximum atomic E-state index is 12.6. The Morgan fingerprint density at radius 1 is 1.38 bits per heavy atom. The summed E-state index contributed by atoms with van der Waals surface area (Å²) in [4.78, 5) is 25.3. The summed E-state index contributed by atoms with van der Waals surface area (Å²) in [6, 6.07) is 5.00. The van der Waals surface area contributed by atoms with E-state index in [1.54, 1.807) is 24.1 Å². The zero-order valence-electron chi connectivity index (χ0n) is 12.1. The van der Waals surface area contributed by atoms with Crippen molar-refractivity contribution < 1.29 is 19.4 Å². The second kappa shape index (κ2) is 5.15. The smallest absolute Gasteiger partial charge is 0.335 e. The standard InChI is InChI=1S/C16H19NO4/c1-21-16(6-2-7-16)10-14(18)17-8-5-11-3-4-12(15(19)20)9-13(11)17/h3-4,9H,2,5-8,10H2,1H3,(H,19,20). The van der Waals surface area contributed by atoms with Crippen LogP contribution in [0.2, 0.25) is 0 Å². The molecule has 0 saturated heterocycles. The van der Waals surface area contributed by atoms with E-state index in [1.165, 1.54) is 0 Å². The van der Waals surface area contributed by atoms with Gasteiger partial charge in [0.1, 0.15) is 0 Å². The molecule has 1 amide bonds. The molecule has 0 radical (unpaired) electrons. The molecule has 112 valence electrons. The molecule has 1 aliphatic heterocycles. The van der Waals surface area contributed by atoms with Crippen LogP contribution < -0.4 is 4.90 Å². The first kappa shape index (κ1) is 14.1. The maximum absolute atomic E-state index is 12.6. The summed E-state index contributed by atoms with van der Waals surface area (Å²) in [5, 5.41) is 9.09. The quantitative estimate of drug-likeness (QED) is 0.923. The Kier molecular flexibility index (Phi) is 3.45. The van der Waals surface area contributed by atoms with Crippen molar-refractivity contribution in [1.82, 2.24) is 0 Å². The number of carbonyl (C=O) groups is 2. The van der Waals surface area contributed by atoms with Crippen molar-refractivity contribution in [3.8, 4) is 0 Å². The Balaban J connectivity index is 1.81. The molecule has 1 saturated carbocycles. The van der Waals surface area contributed by atoms with Crippen molar-refractivity contribution in [2.24, 2.45) is 0 Å². The molecular formula is C16H19NO4. The van der Waals surface area contributed by atoms with Crippen molar-refractivity contribution >= 4 is 17.6 Å². The van der Waals surface area contributed by atoms with Gasteiger partial charge < -0.3 is 14.7 Å². The van der Waals surface area contributed by atoms with E-state index in [-0.39, 0.29) is 17.1 Å². The van der Waals surface area contributed by atoms with Crippen LogP contribution in [0.25, 0.3) is 0 Å². The minimum absolute atomic E-state index is 0.0258. The molecule has 1 aromatic rings. The van der Waals surface area contributed by atoms with Gasteiger partial charge in [-0.25, -0.2) is 4.79 Å². The lowest BCUT2D eigenvalue weighted by Crippen LogP contribution is -2.45. The number of anilines is 1. The van der Waals surface area contributed by atoms with E-state index in [9.17, 15) is 9.59 Å². The summed E-state index contributed by atoms with van der Waals surface area (Å²) in [6.45, 7) is 0.622. The second-order valence-corrected chi connectivity index (χ2v) is 5.86. The van der Waals surface area contributed by atoms with Crippen LogP contribution in [0.15, 0.2) is 18.2 Å². The number of amides is 1. The Hall–Kier alpha value is -1.88. The first-order valence-corrected chi connectivity index (χ1v) is 7.26. The SMILES string of the molecule is COC1(CC(=O)N2CCc3ccc(C(=O)O)cc32)CCC1. The molecule has 0 bridgehead atoms. The van der Waals surface area contributed by atoms with Crippen molar-refractivity contribution in [1.29, 1.82) is 0 Å². The Morgan fingerprint density at radius 3 is 2.71 bits per heavy atom. The van der Waals surface area contributed by atoms with Gasteiger partial charge in [-0.2, -0.15) is 0 Å². The molecule has 5 heteroatoms. The van der Waals surface area contributed by atoms with Crippen molar-refractivity contribution in [3.63, 3.8) is 0 Å². The molecule has 0 aromatic heterocycles. The predicted octanol–water partition coefficient (Wildman–Crippen LogP) is 2.23. The largest absolute Gasteiger partial charge is 0.478 e. The number of fused-ring (bicyclic) bond motifs is 1. The highest BCUT2D eigenvalue weighted by Crippen LogP contribution is 2.39. The molecule has 1 heterocycles. The lowest BCUT2D eigenvalue weighted by molar-refractivity contribution is -0.131. The van der Waals surface area contributed by atoms with Gasteiger partial charge in [0.2, 0.25) is 5.91 Å². The molecule has 1 aromatic carbocycles. The fraction of sp³-hybridized carbons (Fsp3) is 0.500. The second-order valence-electron chi connectivity index (χ2n) is 5.86. The van der Waals surface area contributed by atoms with E-state index in [0.717, 1.165) is 36.9 Å². The van der Waals surface area contributed by atoms with Gasteiger partial charge >= 0.3 is 5.97 Å². The van der Waals surface area contributed by atoms with Crippen LogP contribution in [0.1, 0.15) is 41.6 Å². The summed E-state index contributed by atoms with van der Waals surface area (Å²) in [6.07, 6.45) is 4.10. The van der Waals surface area contributed by atoms with Gasteiger partial charge in [0.05, 0.1) is 17.6 Å². The predicted molar refractivity (Wildman–Crippen MR) is 77.7 cm³/mol. The van der Waals surface area contributed by atoms with Gasteiger partial charge in [-0.05, 0) is 43.4 Å². The molecule has 21 heavy (non-hydrogen) atoms. The molecule has 1 fully saturated rings. The molecule has 2 aliphatic rings. The summed E-state index contributed by atoms with van der Waals surface area (Å²) < 4.78 is 5.51. The number of ether oxygens (including phenoxy) is 1. The van der Waals surface area contributed by atoms with E-state index in [4.69, 9.17) is 9.84 Å². The lowest BCUT2D eigenvalue weighted by Gasteiger charge is -2.40. The molecule has 0 atom stereocenters. The lowest BCUT2D eigenvalue weighted by atomic mass is 9.77. The van der Waals surface area contributed by atoms with E-state index < -0.39 is 5.97 Å². The zero-order chi connectivity index (χ0) is 15.0. The fourth-order valence-corrected chi connectivity index (χ4v) is 3.17. The average molecular weight is 289 g/mol. The van der Waals surface area contributed by atoms with Crippen molar-refractivity contribution in [3.05, 3.63) is 29.3 Å². The molecule has 3 rings (SSSR count). The van der Waals surface area contributed by atoms with Gasteiger partial charge in [0.25, 0.3) is 0 Å². The van der Waals surface area contributed by atoms with Crippen molar-refractivity contribution in [2.45, 2.75) is 37.7 Å². The molecule has 1 N–H and O–H groups in total. The minimum Gasteiger partial charge on any atom is -0.478 e. The number of carboxylic acids is 1. The van der Waals surface area contributed by atoms with E-state index in [0.29, 0.717) is 13.0 Å². The van der Waals surface area contributed by atoms with E-state index in [2.05, 4.69) is 0 Å². The zero-order valence-corrected chi connectivity index (χ0v) is 12.1. The third-order valence-corrected chi connectivity index (χ3v) is 4.70. The number of hydrogen-bond acceptors (Lipinski definition) is 3. The summed E-state index contributed by atoms with van der Waals surface area (Å²) >= 11 is 0. The van der Waals surface area contributed by atoms with Crippen LogP contribution in [0.4, 0.5) is 5.69 Å². The van der Waals surface area contributed by atoms with E-state index >= 15 is 0 Å². The number of carboxylic acid groups (broad SMARTS) is 1. The first-order valence-electron chi connectivity index (χ1n) is 7.26.